The first-order chi connectivity index (χ1) is 12.2. The Morgan fingerprint density at radius 3 is 2.44 bits per heavy atom. The minimum atomic E-state index is -0.298. The monoisotopic (exact) mass is 331 g/mol. The number of aromatic hydroxyl groups is 1. The average molecular weight is 331 g/mol. The fraction of sp³-hybridized carbons (Fsp3) is 0. The second kappa shape index (κ2) is 6.24. The van der Waals surface area contributed by atoms with Gasteiger partial charge in [0.15, 0.2) is 0 Å². The number of fused-ring (bicyclic) bond motifs is 1. The molecule has 4 heteroatoms. The smallest absolute Gasteiger partial charge is 0.144 e. The maximum atomic E-state index is 13.0. The van der Waals surface area contributed by atoms with Gasteiger partial charge in [-0.05, 0) is 36.4 Å². The Balaban J connectivity index is 1.87. The van der Waals surface area contributed by atoms with E-state index >= 15 is 0 Å². The molecule has 1 heterocycles. The number of halogens is 1. The summed E-state index contributed by atoms with van der Waals surface area (Å²) in [7, 11) is 0. The van der Waals surface area contributed by atoms with Crippen molar-refractivity contribution in [3.05, 3.63) is 84.2 Å². The topological polar surface area (TPSA) is 45.7 Å². The molecule has 0 unspecified atom stereocenters. The van der Waals surface area contributed by atoms with Crippen LogP contribution in [0.4, 0.5) is 10.1 Å². The van der Waals surface area contributed by atoms with Gasteiger partial charge in [0.05, 0.1) is 5.69 Å². The highest BCUT2D eigenvalue weighted by molar-refractivity contribution is 6.05. The van der Waals surface area contributed by atoms with E-state index < -0.39 is 0 Å². The molecule has 0 bridgehead atoms. The lowest BCUT2D eigenvalue weighted by Gasteiger charge is -1.99. The molecule has 0 aliphatic carbocycles. The lowest BCUT2D eigenvalue weighted by Crippen LogP contribution is -1.84. The van der Waals surface area contributed by atoms with Gasteiger partial charge in [-0.1, -0.05) is 30.3 Å². The summed E-state index contributed by atoms with van der Waals surface area (Å²) in [6.45, 7) is 0. The predicted octanol–water partition coefficient (Wildman–Crippen LogP) is 5.70. The van der Waals surface area contributed by atoms with Gasteiger partial charge < -0.3 is 9.52 Å². The van der Waals surface area contributed by atoms with Crippen LogP contribution in [0.1, 0.15) is 5.56 Å². The Bertz CT molecular complexity index is 1050. The molecule has 122 valence electrons. The molecule has 4 rings (SSSR count). The highest BCUT2D eigenvalue weighted by atomic mass is 19.1. The van der Waals surface area contributed by atoms with Crippen LogP contribution in [0.3, 0.4) is 0 Å². The van der Waals surface area contributed by atoms with Crippen molar-refractivity contribution in [1.82, 2.24) is 0 Å². The first-order valence-corrected chi connectivity index (χ1v) is 7.81. The van der Waals surface area contributed by atoms with Crippen molar-refractivity contribution in [2.24, 2.45) is 4.99 Å². The molecule has 0 fully saturated rings. The fourth-order valence-corrected chi connectivity index (χ4v) is 2.70. The van der Waals surface area contributed by atoms with Crippen LogP contribution in [-0.4, -0.2) is 11.3 Å². The van der Waals surface area contributed by atoms with E-state index in [-0.39, 0.29) is 11.6 Å². The second-order valence-corrected chi connectivity index (χ2v) is 5.63. The highest BCUT2D eigenvalue weighted by Crippen LogP contribution is 2.34. The summed E-state index contributed by atoms with van der Waals surface area (Å²) in [5.41, 5.74) is 2.96. The number of furan rings is 1. The molecule has 3 aromatic carbocycles. The third-order valence-electron chi connectivity index (χ3n) is 3.92. The predicted molar refractivity (Wildman–Crippen MR) is 97.0 cm³/mol. The normalized spacial score (nSPS) is 11.4. The van der Waals surface area contributed by atoms with E-state index in [0.29, 0.717) is 17.0 Å². The van der Waals surface area contributed by atoms with Crippen molar-refractivity contribution < 1.29 is 13.9 Å². The zero-order valence-electron chi connectivity index (χ0n) is 13.2. The van der Waals surface area contributed by atoms with Crippen molar-refractivity contribution in [3.8, 4) is 17.1 Å². The van der Waals surface area contributed by atoms with Crippen LogP contribution in [0.2, 0.25) is 0 Å². The van der Waals surface area contributed by atoms with Crippen LogP contribution >= 0.6 is 0 Å². The Morgan fingerprint density at radius 1 is 0.920 bits per heavy atom. The summed E-state index contributed by atoms with van der Waals surface area (Å²) >= 11 is 0. The maximum Gasteiger partial charge on any atom is 0.144 e. The molecule has 25 heavy (non-hydrogen) atoms. The Kier molecular flexibility index (Phi) is 3.78. The molecule has 4 aromatic rings. The van der Waals surface area contributed by atoms with E-state index in [9.17, 15) is 9.50 Å². The van der Waals surface area contributed by atoms with Crippen LogP contribution in [-0.2, 0) is 0 Å². The van der Waals surface area contributed by atoms with Crippen molar-refractivity contribution in [3.63, 3.8) is 0 Å². The third kappa shape index (κ3) is 3.02. The minimum absolute atomic E-state index is 0.142. The van der Waals surface area contributed by atoms with Gasteiger partial charge in [0, 0.05) is 28.8 Å². The SMILES string of the molecule is Oc1ccc2c(C=Nc3ccc(F)cc3)c(-c3ccccc3)oc2c1. The molecule has 1 aromatic heterocycles. The Morgan fingerprint density at radius 2 is 1.68 bits per heavy atom. The summed E-state index contributed by atoms with van der Waals surface area (Å²) in [6, 6.07) is 20.7. The number of hydrogen-bond acceptors (Lipinski definition) is 3. The summed E-state index contributed by atoms with van der Waals surface area (Å²) < 4.78 is 19.0. The zero-order valence-corrected chi connectivity index (χ0v) is 13.2. The lowest BCUT2D eigenvalue weighted by atomic mass is 10.1. The van der Waals surface area contributed by atoms with Gasteiger partial charge in [-0.3, -0.25) is 4.99 Å². The van der Waals surface area contributed by atoms with Gasteiger partial charge in [0.1, 0.15) is 22.9 Å². The number of nitrogens with zero attached hydrogens (tertiary/aromatic N) is 1. The van der Waals surface area contributed by atoms with Crippen LogP contribution < -0.4 is 0 Å². The molecular weight excluding hydrogens is 317 g/mol. The molecule has 0 atom stereocenters. The van der Waals surface area contributed by atoms with Crippen molar-refractivity contribution in [2.45, 2.75) is 0 Å². The van der Waals surface area contributed by atoms with Crippen LogP contribution in [0.15, 0.2) is 82.2 Å². The minimum Gasteiger partial charge on any atom is -0.508 e. The van der Waals surface area contributed by atoms with Gasteiger partial charge >= 0.3 is 0 Å². The number of phenolic OH excluding ortho intramolecular Hbond substituents is 1. The van der Waals surface area contributed by atoms with Gasteiger partial charge in [0.2, 0.25) is 0 Å². The number of phenols is 1. The summed E-state index contributed by atoms with van der Waals surface area (Å²) in [5, 5.41) is 10.6. The summed E-state index contributed by atoms with van der Waals surface area (Å²) in [5.74, 6) is 0.517. The quantitative estimate of drug-likeness (QED) is 0.490. The van der Waals surface area contributed by atoms with Gasteiger partial charge in [-0.2, -0.15) is 0 Å². The average Bonchev–Trinajstić information content (AvgIpc) is 2.99. The number of hydrogen-bond donors (Lipinski definition) is 1. The maximum absolute atomic E-state index is 13.0. The highest BCUT2D eigenvalue weighted by Gasteiger charge is 2.14. The first-order valence-electron chi connectivity index (χ1n) is 7.81. The molecule has 0 aliphatic rings. The molecule has 3 nitrogen and oxygen atoms in total. The van der Waals surface area contributed by atoms with Crippen molar-refractivity contribution in [2.75, 3.05) is 0 Å². The van der Waals surface area contributed by atoms with E-state index in [0.717, 1.165) is 16.5 Å². The van der Waals surface area contributed by atoms with Crippen molar-refractivity contribution >= 4 is 22.9 Å². The van der Waals surface area contributed by atoms with E-state index in [1.54, 1.807) is 36.5 Å². The molecule has 0 saturated heterocycles. The number of aliphatic imine (C=N–C) groups is 1. The first kappa shape index (κ1) is 15.1. The van der Waals surface area contributed by atoms with E-state index in [1.165, 1.54) is 12.1 Å². The van der Waals surface area contributed by atoms with E-state index in [1.807, 2.05) is 30.3 Å². The van der Waals surface area contributed by atoms with Crippen LogP contribution in [0.25, 0.3) is 22.3 Å². The molecule has 0 amide bonds. The second-order valence-electron chi connectivity index (χ2n) is 5.63. The lowest BCUT2D eigenvalue weighted by molar-refractivity contribution is 0.474. The van der Waals surface area contributed by atoms with Gasteiger partial charge in [0.25, 0.3) is 0 Å². The number of benzene rings is 3. The molecule has 0 saturated carbocycles. The molecular formula is C21H14FNO2. The largest absolute Gasteiger partial charge is 0.508 e. The molecule has 0 aliphatic heterocycles. The Labute approximate surface area is 143 Å². The van der Waals surface area contributed by atoms with E-state index in [2.05, 4.69) is 4.99 Å². The summed E-state index contributed by atoms with van der Waals surface area (Å²) in [6.07, 6.45) is 1.71. The van der Waals surface area contributed by atoms with E-state index in [4.69, 9.17) is 4.42 Å². The van der Waals surface area contributed by atoms with Gasteiger partial charge in [-0.25, -0.2) is 4.39 Å². The summed E-state index contributed by atoms with van der Waals surface area (Å²) in [4.78, 5) is 4.43. The Hall–Kier alpha value is -3.40. The van der Waals surface area contributed by atoms with Crippen LogP contribution in [0, 0.1) is 5.82 Å². The zero-order chi connectivity index (χ0) is 17.2. The van der Waals surface area contributed by atoms with Crippen molar-refractivity contribution in [1.29, 1.82) is 0 Å². The third-order valence-corrected chi connectivity index (χ3v) is 3.92. The molecule has 0 radical (unpaired) electrons. The standard InChI is InChI=1S/C21H14FNO2/c22-15-6-8-16(9-7-15)23-13-19-18-11-10-17(24)12-20(18)25-21(19)14-4-2-1-3-5-14/h1-13,24H. The number of rotatable bonds is 3. The molecule has 0 spiro atoms. The van der Waals surface area contributed by atoms with Crippen LogP contribution in [0.5, 0.6) is 5.75 Å². The molecule has 1 N–H and O–H groups in total. The van der Waals surface area contributed by atoms with Gasteiger partial charge in [-0.15, -0.1) is 0 Å². The fourth-order valence-electron chi connectivity index (χ4n) is 2.70.